The van der Waals surface area contributed by atoms with Gasteiger partial charge in [-0.25, -0.2) is 0 Å². The van der Waals surface area contributed by atoms with E-state index >= 15 is 0 Å². The number of halogens is 1. The van der Waals surface area contributed by atoms with E-state index in [4.69, 9.17) is 11.6 Å². The molecule has 0 heterocycles. The van der Waals surface area contributed by atoms with Crippen molar-refractivity contribution in [2.45, 2.75) is 57.9 Å². The number of hydrogen-bond acceptors (Lipinski definition) is 1. The van der Waals surface area contributed by atoms with Gasteiger partial charge in [0.15, 0.2) is 0 Å². The predicted molar refractivity (Wildman–Crippen MR) is 83.8 cm³/mol. The molecular weight excluding hydrogens is 254 g/mol. The molecule has 2 rings (SSSR count). The second-order valence-electron chi connectivity index (χ2n) is 5.75. The lowest BCUT2D eigenvalue weighted by Gasteiger charge is -2.27. The molecule has 1 nitrogen and oxygen atoms in total. The number of rotatable bonds is 5. The summed E-state index contributed by atoms with van der Waals surface area (Å²) in [4.78, 5) is 0. The van der Waals surface area contributed by atoms with Crippen LogP contribution < -0.4 is 5.32 Å². The summed E-state index contributed by atoms with van der Waals surface area (Å²) in [7, 11) is 0. The molecule has 19 heavy (non-hydrogen) atoms. The summed E-state index contributed by atoms with van der Waals surface area (Å²) < 4.78 is 0. The first-order chi connectivity index (χ1) is 9.29. The van der Waals surface area contributed by atoms with Crippen LogP contribution in [0.1, 0.15) is 51.0 Å². The number of benzene rings is 1. The molecule has 0 amide bonds. The molecule has 1 aliphatic rings. The summed E-state index contributed by atoms with van der Waals surface area (Å²) in [6.07, 6.45) is 9.60. The molecule has 1 saturated carbocycles. The van der Waals surface area contributed by atoms with Crippen molar-refractivity contribution in [3.8, 4) is 0 Å². The van der Waals surface area contributed by atoms with Gasteiger partial charge >= 0.3 is 0 Å². The first kappa shape index (κ1) is 14.9. The van der Waals surface area contributed by atoms with Crippen LogP contribution in [0.3, 0.4) is 0 Å². The topological polar surface area (TPSA) is 12.0 Å². The molecule has 1 aromatic carbocycles. The summed E-state index contributed by atoms with van der Waals surface area (Å²) in [5.74, 6) is 0.845. The number of nitrogens with one attached hydrogen (secondary N) is 1. The van der Waals surface area contributed by atoms with Gasteiger partial charge in [-0.15, -0.1) is 0 Å². The smallest absolute Gasteiger partial charge is 0.0406 e. The molecule has 0 aliphatic heterocycles. The van der Waals surface area contributed by atoms with Gasteiger partial charge in [0.05, 0.1) is 0 Å². The van der Waals surface area contributed by atoms with E-state index in [1.165, 1.54) is 44.1 Å². The first-order valence-electron chi connectivity index (χ1n) is 7.77. The van der Waals surface area contributed by atoms with E-state index in [1.54, 1.807) is 0 Å². The first-order valence-corrected chi connectivity index (χ1v) is 8.15. The molecule has 0 saturated heterocycles. The number of likely N-dealkylation sites (N-methyl/N-ethyl adjacent to an activating group) is 1. The van der Waals surface area contributed by atoms with Crippen molar-refractivity contribution >= 4 is 11.6 Å². The van der Waals surface area contributed by atoms with Gasteiger partial charge in [-0.1, -0.05) is 56.3 Å². The van der Waals surface area contributed by atoms with Crippen LogP contribution in [0.2, 0.25) is 5.02 Å². The molecule has 0 radical (unpaired) electrons. The van der Waals surface area contributed by atoms with Crippen LogP contribution in [-0.2, 0) is 6.42 Å². The molecule has 106 valence electrons. The van der Waals surface area contributed by atoms with Gasteiger partial charge in [-0.3, -0.25) is 0 Å². The zero-order valence-electron chi connectivity index (χ0n) is 12.0. The van der Waals surface area contributed by atoms with Crippen molar-refractivity contribution in [1.82, 2.24) is 5.32 Å². The van der Waals surface area contributed by atoms with Crippen molar-refractivity contribution in [3.63, 3.8) is 0 Å². The molecule has 1 unspecified atom stereocenters. The quantitative estimate of drug-likeness (QED) is 0.761. The summed E-state index contributed by atoms with van der Waals surface area (Å²) in [5, 5.41) is 4.54. The monoisotopic (exact) mass is 279 g/mol. The Morgan fingerprint density at radius 2 is 1.74 bits per heavy atom. The third-order valence-corrected chi connectivity index (χ3v) is 4.56. The Balaban J connectivity index is 1.99. The normalized spacial score (nSPS) is 19.1. The van der Waals surface area contributed by atoms with Gasteiger partial charge in [0.1, 0.15) is 0 Å². The van der Waals surface area contributed by atoms with E-state index in [2.05, 4.69) is 24.4 Å². The lowest BCUT2D eigenvalue weighted by Crippen LogP contribution is -2.37. The highest BCUT2D eigenvalue weighted by atomic mass is 35.5. The van der Waals surface area contributed by atoms with Crippen molar-refractivity contribution < 1.29 is 0 Å². The van der Waals surface area contributed by atoms with Crippen LogP contribution in [0.5, 0.6) is 0 Å². The fraction of sp³-hybridized carbons (Fsp3) is 0.647. The van der Waals surface area contributed by atoms with Gasteiger partial charge in [-0.2, -0.15) is 0 Å². The highest BCUT2D eigenvalue weighted by Crippen LogP contribution is 2.27. The minimum Gasteiger partial charge on any atom is -0.314 e. The Labute approximate surface area is 122 Å². The van der Waals surface area contributed by atoms with Crippen LogP contribution in [0.15, 0.2) is 24.3 Å². The molecule has 1 aliphatic carbocycles. The van der Waals surface area contributed by atoms with E-state index < -0.39 is 0 Å². The van der Waals surface area contributed by atoms with E-state index in [-0.39, 0.29) is 0 Å². The summed E-state index contributed by atoms with van der Waals surface area (Å²) in [5.41, 5.74) is 1.40. The van der Waals surface area contributed by atoms with Gasteiger partial charge in [0, 0.05) is 11.1 Å². The Kier molecular flexibility index (Phi) is 6.19. The van der Waals surface area contributed by atoms with E-state index in [0.29, 0.717) is 6.04 Å². The molecular formula is C17H26ClN. The number of hydrogen-bond donors (Lipinski definition) is 1. The van der Waals surface area contributed by atoms with Crippen LogP contribution in [0.4, 0.5) is 0 Å². The molecule has 1 N–H and O–H groups in total. The largest absolute Gasteiger partial charge is 0.314 e. The lowest BCUT2D eigenvalue weighted by molar-refractivity contribution is 0.321. The van der Waals surface area contributed by atoms with E-state index in [9.17, 15) is 0 Å². The SMILES string of the molecule is CCNC(Cc1ccc(Cl)cc1)C1CCCCCC1. The Morgan fingerprint density at radius 3 is 2.32 bits per heavy atom. The average Bonchev–Trinajstić information content (AvgIpc) is 2.70. The molecule has 1 fully saturated rings. The van der Waals surface area contributed by atoms with Crippen molar-refractivity contribution in [2.75, 3.05) is 6.54 Å². The molecule has 0 aromatic heterocycles. The van der Waals surface area contributed by atoms with Crippen molar-refractivity contribution in [1.29, 1.82) is 0 Å². The Hall–Kier alpha value is -0.530. The minimum atomic E-state index is 0.629. The average molecular weight is 280 g/mol. The Bertz CT molecular complexity index is 352. The van der Waals surface area contributed by atoms with E-state index in [0.717, 1.165) is 23.9 Å². The maximum Gasteiger partial charge on any atom is 0.0406 e. The molecule has 0 spiro atoms. The second-order valence-corrected chi connectivity index (χ2v) is 6.18. The van der Waals surface area contributed by atoms with Crippen LogP contribution in [-0.4, -0.2) is 12.6 Å². The minimum absolute atomic E-state index is 0.629. The molecule has 0 bridgehead atoms. The van der Waals surface area contributed by atoms with Crippen LogP contribution >= 0.6 is 11.6 Å². The van der Waals surface area contributed by atoms with Crippen molar-refractivity contribution in [3.05, 3.63) is 34.9 Å². The third kappa shape index (κ3) is 4.81. The Morgan fingerprint density at radius 1 is 1.11 bits per heavy atom. The zero-order chi connectivity index (χ0) is 13.5. The molecule has 2 heteroatoms. The van der Waals surface area contributed by atoms with Crippen LogP contribution in [0.25, 0.3) is 0 Å². The fourth-order valence-electron chi connectivity index (χ4n) is 3.26. The highest BCUT2D eigenvalue weighted by molar-refractivity contribution is 6.30. The summed E-state index contributed by atoms with van der Waals surface area (Å²) in [6, 6.07) is 8.98. The van der Waals surface area contributed by atoms with Gasteiger partial charge in [0.2, 0.25) is 0 Å². The molecule has 1 atom stereocenters. The maximum atomic E-state index is 5.96. The third-order valence-electron chi connectivity index (χ3n) is 4.30. The summed E-state index contributed by atoms with van der Waals surface area (Å²) >= 11 is 5.96. The standard InChI is InChI=1S/C17H26ClN/c1-2-19-17(15-7-5-3-4-6-8-15)13-14-9-11-16(18)12-10-14/h9-12,15,17,19H,2-8,13H2,1H3. The van der Waals surface area contributed by atoms with Crippen LogP contribution in [0, 0.1) is 5.92 Å². The predicted octanol–water partition coefficient (Wildman–Crippen LogP) is 4.83. The van der Waals surface area contributed by atoms with Gasteiger partial charge in [0.25, 0.3) is 0 Å². The summed E-state index contributed by atoms with van der Waals surface area (Å²) in [6.45, 7) is 3.28. The van der Waals surface area contributed by atoms with E-state index in [1.807, 2.05) is 12.1 Å². The maximum absolute atomic E-state index is 5.96. The van der Waals surface area contributed by atoms with Gasteiger partial charge in [-0.05, 0) is 49.4 Å². The zero-order valence-corrected chi connectivity index (χ0v) is 12.8. The lowest BCUT2D eigenvalue weighted by atomic mass is 9.87. The second kappa shape index (κ2) is 7.91. The molecule has 1 aromatic rings. The highest BCUT2D eigenvalue weighted by Gasteiger charge is 2.22. The van der Waals surface area contributed by atoms with Gasteiger partial charge < -0.3 is 5.32 Å². The van der Waals surface area contributed by atoms with Crippen molar-refractivity contribution in [2.24, 2.45) is 5.92 Å². The fourth-order valence-corrected chi connectivity index (χ4v) is 3.38.